The number of aryl methyl sites for hydroxylation is 1. The molecule has 3 aromatic rings. The average Bonchev–Trinajstić information content (AvgIpc) is 3.17. The van der Waals surface area contributed by atoms with Crippen molar-refractivity contribution in [1.29, 1.82) is 0 Å². The Morgan fingerprint density at radius 1 is 1.23 bits per heavy atom. The monoisotopic (exact) mass is 295 g/mol. The number of hydrogen-bond acceptors (Lipinski definition) is 3. The van der Waals surface area contributed by atoms with E-state index in [1.807, 2.05) is 54.3 Å². The molecule has 3 aromatic heterocycles. The van der Waals surface area contributed by atoms with Crippen molar-refractivity contribution in [3.63, 3.8) is 0 Å². The zero-order valence-corrected chi connectivity index (χ0v) is 12.3. The van der Waals surface area contributed by atoms with E-state index in [9.17, 15) is 4.79 Å². The summed E-state index contributed by atoms with van der Waals surface area (Å²) in [5, 5.41) is 7.10. The summed E-state index contributed by atoms with van der Waals surface area (Å²) in [6, 6.07) is 9.59. The smallest absolute Gasteiger partial charge is 0.256 e. The van der Waals surface area contributed by atoms with E-state index in [4.69, 9.17) is 0 Å². The van der Waals surface area contributed by atoms with Crippen LogP contribution in [0.1, 0.15) is 16.1 Å². The van der Waals surface area contributed by atoms with Crippen molar-refractivity contribution in [3.8, 4) is 5.82 Å². The van der Waals surface area contributed by atoms with Gasteiger partial charge in [0.15, 0.2) is 0 Å². The molecule has 22 heavy (non-hydrogen) atoms. The van der Waals surface area contributed by atoms with E-state index in [1.165, 1.54) is 0 Å². The van der Waals surface area contributed by atoms with Crippen LogP contribution in [-0.4, -0.2) is 31.8 Å². The standard InChI is InChI=1S/C16H17N5O/c1-20-16(21-10-4-5-11-21)14(12-19-20)15(22)18-9-7-13-6-2-3-8-17-13/h2-6,8,10-12H,7,9H2,1H3,(H,18,22). The summed E-state index contributed by atoms with van der Waals surface area (Å²) >= 11 is 0. The van der Waals surface area contributed by atoms with Crippen LogP contribution in [0.3, 0.4) is 0 Å². The fraction of sp³-hybridized carbons (Fsp3) is 0.188. The number of carbonyl (C=O) groups excluding carboxylic acids is 1. The number of rotatable bonds is 5. The summed E-state index contributed by atoms with van der Waals surface area (Å²) in [6.07, 6.45) is 7.82. The predicted octanol–water partition coefficient (Wildman–Crippen LogP) is 1.58. The molecular weight excluding hydrogens is 278 g/mol. The van der Waals surface area contributed by atoms with Gasteiger partial charge in [0.2, 0.25) is 0 Å². The zero-order chi connectivity index (χ0) is 15.4. The Bertz CT molecular complexity index is 746. The molecule has 3 heterocycles. The maximum atomic E-state index is 12.4. The Kier molecular flexibility index (Phi) is 4.00. The maximum Gasteiger partial charge on any atom is 0.256 e. The number of hydrogen-bond donors (Lipinski definition) is 1. The highest BCUT2D eigenvalue weighted by Crippen LogP contribution is 2.13. The molecule has 0 unspecified atom stereocenters. The van der Waals surface area contributed by atoms with Crippen molar-refractivity contribution in [3.05, 3.63) is 66.4 Å². The Balaban J connectivity index is 1.68. The lowest BCUT2D eigenvalue weighted by atomic mass is 10.2. The van der Waals surface area contributed by atoms with Crippen LogP contribution in [0.25, 0.3) is 5.82 Å². The summed E-state index contributed by atoms with van der Waals surface area (Å²) in [5.41, 5.74) is 1.51. The third-order valence-electron chi connectivity index (χ3n) is 3.39. The predicted molar refractivity (Wildman–Crippen MR) is 82.8 cm³/mol. The van der Waals surface area contributed by atoms with Gasteiger partial charge in [-0.3, -0.25) is 14.5 Å². The molecule has 1 N–H and O–H groups in total. The van der Waals surface area contributed by atoms with Crippen LogP contribution in [0.4, 0.5) is 0 Å². The molecule has 6 heteroatoms. The third-order valence-corrected chi connectivity index (χ3v) is 3.39. The van der Waals surface area contributed by atoms with Crippen LogP contribution in [-0.2, 0) is 13.5 Å². The first-order chi connectivity index (χ1) is 10.8. The van der Waals surface area contributed by atoms with Crippen LogP contribution >= 0.6 is 0 Å². The van der Waals surface area contributed by atoms with Gasteiger partial charge in [0.25, 0.3) is 5.91 Å². The molecule has 0 aromatic carbocycles. The summed E-state index contributed by atoms with van der Waals surface area (Å²) in [4.78, 5) is 16.6. The summed E-state index contributed by atoms with van der Waals surface area (Å²) < 4.78 is 3.56. The van der Waals surface area contributed by atoms with E-state index in [2.05, 4.69) is 15.4 Å². The second-order valence-electron chi connectivity index (χ2n) is 4.92. The van der Waals surface area contributed by atoms with E-state index < -0.39 is 0 Å². The molecule has 0 aliphatic carbocycles. The minimum Gasteiger partial charge on any atom is -0.351 e. The fourth-order valence-electron chi connectivity index (χ4n) is 2.32. The molecule has 0 fully saturated rings. The van der Waals surface area contributed by atoms with E-state index in [0.29, 0.717) is 18.5 Å². The van der Waals surface area contributed by atoms with Crippen molar-refractivity contribution in [2.45, 2.75) is 6.42 Å². The second kappa shape index (κ2) is 6.26. The third kappa shape index (κ3) is 2.90. The van der Waals surface area contributed by atoms with E-state index >= 15 is 0 Å². The molecule has 0 saturated carbocycles. The molecule has 0 spiro atoms. The fourth-order valence-corrected chi connectivity index (χ4v) is 2.32. The van der Waals surface area contributed by atoms with Gasteiger partial charge in [-0.15, -0.1) is 0 Å². The number of amides is 1. The number of pyridine rings is 1. The molecule has 0 radical (unpaired) electrons. The lowest BCUT2D eigenvalue weighted by Gasteiger charge is -2.08. The van der Waals surface area contributed by atoms with Gasteiger partial charge in [-0.2, -0.15) is 5.10 Å². The molecule has 6 nitrogen and oxygen atoms in total. The zero-order valence-electron chi connectivity index (χ0n) is 12.3. The molecule has 112 valence electrons. The van der Waals surface area contributed by atoms with Crippen molar-refractivity contribution in [2.24, 2.45) is 7.05 Å². The number of nitrogens with zero attached hydrogens (tertiary/aromatic N) is 4. The summed E-state index contributed by atoms with van der Waals surface area (Å²) in [5.74, 6) is 0.619. The number of nitrogens with one attached hydrogen (secondary N) is 1. The average molecular weight is 295 g/mol. The maximum absolute atomic E-state index is 12.4. The van der Waals surface area contributed by atoms with Gasteiger partial charge in [-0.1, -0.05) is 6.07 Å². The SMILES string of the molecule is Cn1ncc(C(=O)NCCc2ccccn2)c1-n1cccc1. The van der Waals surface area contributed by atoms with Gasteiger partial charge >= 0.3 is 0 Å². The quantitative estimate of drug-likeness (QED) is 0.777. The molecule has 0 aliphatic rings. The van der Waals surface area contributed by atoms with E-state index in [1.54, 1.807) is 17.1 Å². The van der Waals surface area contributed by atoms with E-state index in [0.717, 1.165) is 11.5 Å². The Labute approximate surface area is 128 Å². The van der Waals surface area contributed by atoms with E-state index in [-0.39, 0.29) is 5.91 Å². The van der Waals surface area contributed by atoms with Crippen LogP contribution < -0.4 is 5.32 Å². The first kappa shape index (κ1) is 14.1. The largest absolute Gasteiger partial charge is 0.351 e. The molecular formula is C16H17N5O. The molecule has 0 saturated heterocycles. The highest BCUT2D eigenvalue weighted by Gasteiger charge is 2.16. The normalized spacial score (nSPS) is 10.6. The van der Waals surface area contributed by atoms with Gasteiger partial charge < -0.3 is 9.88 Å². The van der Waals surface area contributed by atoms with Gasteiger partial charge in [-0.25, -0.2) is 0 Å². The lowest BCUT2D eigenvalue weighted by molar-refractivity contribution is 0.0954. The summed E-state index contributed by atoms with van der Waals surface area (Å²) in [7, 11) is 1.82. The Morgan fingerprint density at radius 2 is 2.05 bits per heavy atom. The highest BCUT2D eigenvalue weighted by molar-refractivity contribution is 5.97. The van der Waals surface area contributed by atoms with Gasteiger partial charge in [0.05, 0.1) is 6.20 Å². The Morgan fingerprint density at radius 3 is 2.77 bits per heavy atom. The first-order valence-corrected chi connectivity index (χ1v) is 7.09. The summed E-state index contributed by atoms with van der Waals surface area (Å²) in [6.45, 7) is 0.538. The minimum absolute atomic E-state index is 0.132. The van der Waals surface area contributed by atoms with Crippen LogP contribution in [0.15, 0.2) is 55.1 Å². The molecule has 0 aliphatic heterocycles. The van der Waals surface area contributed by atoms with Crippen molar-refractivity contribution >= 4 is 5.91 Å². The van der Waals surface area contributed by atoms with Crippen molar-refractivity contribution in [1.82, 2.24) is 24.6 Å². The topological polar surface area (TPSA) is 64.7 Å². The van der Waals surface area contributed by atoms with Gasteiger partial charge in [-0.05, 0) is 24.3 Å². The minimum atomic E-state index is -0.132. The van der Waals surface area contributed by atoms with Crippen LogP contribution in [0.5, 0.6) is 0 Å². The van der Waals surface area contributed by atoms with Crippen LogP contribution in [0, 0.1) is 0 Å². The molecule has 0 bridgehead atoms. The molecule has 3 rings (SSSR count). The number of carbonyl (C=O) groups is 1. The lowest BCUT2D eigenvalue weighted by Crippen LogP contribution is -2.26. The molecule has 1 amide bonds. The van der Waals surface area contributed by atoms with Gasteiger partial charge in [0.1, 0.15) is 11.4 Å². The first-order valence-electron chi connectivity index (χ1n) is 7.09. The highest BCUT2D eigenvalue weighted by atomic mass is 16.1. The second-order valence-corrected chi connectivity index (χ2v) is 4.92. The Hall–Kier alpha value is -2.89. The van der Waals surface area contributed by atoms with Crippen molar-refractivity contribution < 1.29 is 4.79 Å². The van der Waals surface area contributed by atoms with Gasteiger partial charge in [0, 0.05) is 44.3 Å². The van der Waals surface area contributed by atoms with Crippen LogP contribution in [0.2, 0.25) is 0 Å². The number of aromatic nitrogens is 4. The van der Waals surface area contributed by atoms with Crippen molar-refractivity contribution in [2.75, 3.05) is 6.54 Å². The molecule has 0 atom stereocenters.